The molecule has 1 rings (SSSR count). The van der Waals surface area contributed by atoms with Gasteiger partial charge in [0, 0.05) is 0 Å². The van der Waals surface area contributed by atoms with Crippen LogP contribution in [0.25, 0.3) is 0 Å². The maximum absolute atomic E-state index is 10.8. The van der Waals surface area contributed by atoms with E-state index in [1.807, 2.05) is 19.9 Å². The van der Waals surface area contributed by atoms with Crippen LogP contribution in [-0.4, -0.2) is 16.2 Å². The third-order valence-corrected chi connectivity index (χ3v) is 2.50. The summed E-state index contributed by atoms with van der Waals surface area (Å²) in [7, 11) is 0. The molecule has 1 unspecified atom stereocenters. The van der Waals surface area contributed by atoms with Crippen LogP contribution < -0.4 is 0 Å². The molecule has 3 nitrogen and oxygen atoms in total. The van der Waals surface area contributed by atoms with Gasteiger partial charge >= 0.3 is 5.97 Å². The van der Waals surface area contributed by atoms with Crippen LogP contribution in [0.15, 0.2) is 18.2 Å². The molecule has 1 aromatic rings. The van der Waals surface area contributed by atoms with Gasteiger partial charge in [0.25, 0.3) is 0 Å². The van der Waals surface area contributed by atoms with Gasteiger partial charge in [-0.2, -0.15) is 0 Å². The zero-order valence-corrected chi connectivity index (χ0v) is 9.19. The van der Waals surface area contributed by atoms with Gasteiger partial charge in [-0.25, -0.2) is 0 Å². The van der Waals surface area contributed by atoms with Crippen molar-refractivity contribution in [3.63, 3.8) is 0 Å². The quantitative estimate of drug-likeness (QED) is 0.802. The van der Waals surface area contributed by atoms with E-state index in [4.69, 9.17) is 5.11 Å². The van der Waals surface area contributed by atoms with Crippen LogP contribution in [0.1, 0.15) is 43.7 Å². The molecule has 0 fully saturated rings. The number of phenolic OH excluding ortho intramolecular Hbond substituents is 1. The third kappa shape index (κ3) is 2.72. The highest BCUT2D eigenvalue weighted by molar-refractivity contribution is 5.75. The molecule has 0 radical (unpaired) electrons. The topological polar surface area (TPSA) is 57.5 Å². The monoisotopic (exact) mass is 208 g/mol. The van der Waals surface area contributed by atoms with Gasteiger partial charge in [-0.1, -0.05) is 19.9 Å². The van der Waals surface area contributed by atoms with Gasteiger partial charge in [0.15, 0.2) is 0 Å². The SMILES string of the molecule is CC(C)c1cc(O)cc(C(C)C(=O)O)c1. The summed E-state index contributed by atoms with van der Waals surface area (Å²) in [6.45, 7) is 5.62. The van der Waals surface area contributed by atoms with Gasteiger partial charge in [0.1, 0.15) is 5.75 Å². The Morgan fingerprint density at radius 1 is 1.13 bits per heavy atom. The predicted octanol–water partition coefficient (Wildman–Crippen LogP) is 2.70. The molecule has 0 aliphatic carbocycles. The first-order valence-electron chi connectivity index (χ1n) is 4.98. The van der Waals surface area contributed by atoms with E-state index in [-0.39, 0.29) is 11.7 Å². The maximum Gasteiger partial charge on any atom is 0.310 e. The van der Waals surface area contributed by atoms with Crippen molar-refractivity contribution in [3.8, 4) is 5.75 Å². The zero-order chi connectivity index (χ0) is 11.6. The average molecular weight is 208 g/mol. The van der Waals surface area contributed by atoms with Gasteiger partial charge in [-0.05, 0) is 36.1 Å². The van der Waals surface area contributed by atoms with E-state index >= 15 is 0 Å². The zero-order valence-electron chi connectivity index (χ0n) is 9.19. The number of hydrogen-bond acceptors (Lipinski definition) is 2. The van der Waals surface area contributed by atoms with Crippen molar-refractivity contribution >= 4 is 5.97 Å². The van der Waals surface area contributed by atoms with E-state index in [1.165, 1.54) is 6.07 Å². The van der Waals surface area contributed by atoms with Gasteiger partial charge in [0.2, 0.25) is 0 Å². The number of aliphatic carboxylic acids is 1. The number of carboxylic acid groups (broad SMARTS) is 1. The minimum Gasteiger partial charge on any atom is -0.508 e. The molecule has 0 bridgehead atoms. The Bertz CT molecular complexity index is 369. The molecule has 0 saturated heterocycles. The largest absolute Gasteiger partial charge is 0.508 e. The molecule has 0 heterocycles. The first-order valence-corrected chi connectivity index (χ1v) is 4.98. The van der Waals surface area contributed by atoms with E-state index in [9.17, 15) is 9.90 Å². The average Bonchev–Trinajstić information content (AvgIpc) is 2.15. The lowest BCUT2D eigenvalue weighted by molar-refractivity contribution is -0.138. The number of carbonyl (C=O) groups is 1. The normalized spacial score (nSPS) is 12.8. The van der Waals surface area contributed by atoms with Crippen LogP contribution in [-0.2, 0) is 4.79 Å². The highest BCUT2D eigenvalue weighted by Gasteiger charge is 2.15. The number of hydrogen-bond donors (Lipinski definition) is 2. The van der Waals surface area contributed by atoms with Crippen molar-refractivity contribution in [3.05, 3.63) is 29.3 Å². The molecule has 3 heteroatoms. The van der Waals surface area contributed by atoms with E-state index in [0.29, 0.717) is 5.56 Å². The first kappa shape index (κ1) is 11.6. The fourth-order valence-electron chi connectivity index (χ4n) is 1.38. The lowest BCUT2D eigenvalue weighted by Crippen LogP contribution is -2.07. The Balaban J connectivity index is 3.14. The molecular weight excluding hydrogens is 192 g/mol. The number of carboxylic acids is 1. The predicted molar refractivity (Wildman–Crippen MR) is 58.2 cm³/mol. The summed E-state index contributed by atoms with van der Waals surface area (Å²) in [5, 5.41) is 18.4. The highest BCUT2D eigenvalue weighted by Crippen LogP contribution is 2.26. The molecule has 82 valence electrons. The molecular formula is C12H16O3. The molecule has 15 heavy (non-hydrogen) atoms. The summed E-state index contributed by atoms with van der Waals surface area (Å²) in [5.74, 6) is -1.06. The Kier molecular flexibility index (Phi) is 3.35. The Morgan fingerprint density at radius 3 is 2.13 bits per heavy atom. The Morgan fingerprint density at radius 2 is 1.67 bits per heavy atom. The van der Waals surface area contributed by atoms with Crippen LogP contribution in [0.5, 0.6) is 5.75 Å². The summed E-state index contributed by atoms with van der Waals surface area (Å²) in [6, 6.07) is 5.01. The second-order valence-electron chi connectivity index (χ2n) is 4.07. The van der Waals surface area contributed by atoms with Gasteiger partial charge < -0.3 is 10.2 Å². The number of benzene rings is 1. The summed E-state index contributed by atoms with van der Waals surface area (Å²) in [5.41, 5.74) is 1.60. The summed E-state index contributed by atoms with van der Waals surface area (Å²) < 4.78 is 0. The van der Waals surface area contributed by atoms with Crippen molar-refractivity contribution in [2.24, 2.45) is 0 Å². The van der Waals surface area contributed by atoms with E-state index < -0.39 is 11.9 Å². The molecule has 0 aliphatic rings. The summed E-state index contributed by atoms with van der Waals surface area (Å²) in [6.07, 6.45) is 0. The molecule has 0 saturated carbocycles. The molecule has 0 spiro atoms. The molecule has 0 aromatic heterocycles. The lowest BCUT2D eigenvalue weighted by Gasteiger charge is -2.12. The fraction of sp³-hybridized carbons (Fsp3) is 0.417. The summed E-state index contributed by atoms with van der Waals surface area (Å²) in [4.78, 5) is 10.8. The summed E-state index contributed by atoms with van der Waals surface area (Å²) >= 11 is 0. The molecule has 1 aromatic carbocycles. The Labute approximate surface area is 89.4 Å². The second kappa shape index (κ2) is 4.34. The van der Waals surface area contributed by atoms with Crippen molar-refractivity contribution in [1.82, 2.24) is 0 Å². The molecule has 2 N–H and O–H groups in total. The minimum atomic E-state index is -0.879. The first-order chi connectivity index (χ1) is 6.91. The van der Waals surface area contributed by atoms with Gasteiger partial charge in [0.05, 0.1) is 5.92 Å². The Hall–Kier alpha value is -1.51. The van der Waals surface area contributed by atoms with Crippen molar-refractivity contribution in [1.29, 1.82) is 0 Å². The van der Waals surface area contributed by atoms with Crippen molar-refractivity contribution in [2.75, 3.05) is 0 Å². The maximum atomic E-state index is 10.8. The standard InChI is InChI=1S/C12H16O3/c1-7(2)9-4-10(6-11(13)5-9)8(3)12(14)15/h4-8,13H,1-3H3,(H,14,15). The van der Waals surface area contributed by atoms with Crippen LogP contribution in [0.3, 0.4) is 0 Å². The van der Waals surface area contributed by atoms with Crippen LogP contribution in [0, 0.1) is 0 Å². The van der Waals surface area contributed by atoms with Gasteiger partial charge in [-0.3, -0.25) is 4.79 Å². The van der Waals surface area contributed by atoms with Gasteiger partial charge in [-0.15, -0.1) is 0 Å². The van der Waals surface area contributed by atoms with Crippen LogP contribution in [0.2, 0.25) is 0 Å². The van der Waals surface area contributed by atoms with E-state index in [2.05, 4.69) is 0 Å². The lowest BCUT2D eigenvalue weighted by atomic mass is 9.94. The smallest absolute Gasteiger partial charge is 0.310 e. The molecule has 0 aliphatic heterocycles. The minimum absolute atomic E-state index is 0.129. The second-order valence-corrected chi connectivity index (χ2v) is 4.07. The highest BCUT2D eigenvalue weighted by atomic mass is 16.4. The van der Waals surface area contributed by atoms with Crippen LogP contribution in [0.4, 0.5) is 0 Å². The van der Waals surface area contributed by atoms with Crippen molar-refractivity contribution in [2.45, 2.75) is 32.6 Å². The van der Waals surface area contributed by atoms with E-state index in [1.54, 1.807) is 13.0 Å². The third-order valence-electron chi connectivity index (χ3n) is 2.50. The number of aromatic hydroxyl groups is 1. The number of rotatable bonds is 3. The fourth-order valence-corrected chi connectivity index (χ4v) is 1.38. The molecule has 1 atom stereocenters. The number of phenols is 1. The van der Waals surface area contributed by atoms with Crippen LogP contribution >= 0.6 is 0 Å². The van der Waals surface area contributed by atoms with E-state index in [0.717, 1.165) is 5.56 Å². The van der Waals surface area contributed by atoms with Crippen molar-refractivity contribution < 1.29 is 15.0 Å². The molecule has 0 amide bonds.